The third-order valence-electron chi connectivity index (χ3n) is 4.79. The molecule has 1 aliphatic carbocycles. The molecule has 3 atom stereocenters. The maximum absolute atomic E-state index is 12.8. The van der Waals surface area contributed by atoms with E-state index in [0.29, 0.717) is 5.92 Å². The average Bonchev–Trinajstić information content (AvgIpc) is 3.49. The Morgan fingerprint density at radius 1 is 0.920 bits per heavy atom. The number of pyridine rings is 1. The zero-order valence-corrected chi connectivity index (χ0v) is 13.9. The molecule has 0 radical (unpaired) electrons. The fourth-order valence-corrected chi connectivity index (χ4v) is 3.35. The van der Waals surface area contributed by atoms with Crippen molar-refractivity contribution in [3.63, 3.8) is 0 Å². The molecule has 1 aromatic heterocycles. The molecule has 3 aromatic rings. The van der Waals surface area contributed by atoms with E-state index in [9.17, 15) is 4.79 Å². The number of hydrogen-bond acceptors (Lipinski definition) is 2. The zero-order valence-electron chi connectivity index (χ0n) is 13.9. The first-order valence-corrected chi connectivity index (χ1v) is 8.63. The molecule has 124 valence electrons. The number of aromatic nitrogens is 1. The van der Waals surface area contributed by atoms with Crippen molar-refractivity contribution < 1.29 is 4.79 Å². The van der Waals surface area contributed by atoms with Gasteiger partial charge in [0.25, 0.3) is 0 Å². The fourth-order valence-electron chi connectivity index (χ4n) is 3.35. The molecule has 0 bridgehead atoms. The molecule has 4 rings (SSSR count). The highest BCUT2D eigenvalue weighted by molar-refractivity contribution is 5.83. The number of carbonyl (C=O) groups excluding carboxylic acids is 1. The van der Waals surface area contributed by atoms with Crippen LogP contribution in [-0.4, -0.2) is 10.9 Å². The average molecular weight is 328 g/mol. The molecule has 1 saturated carbocycles. The second kappa shape index (κ2) is 6.89. The predicted molar refractivity (Wildman–Crippen MR) is 98.0 cm³/mol. The Hall–Kier alpha value is -2.94. The van der Waals surface area contributed by atoms with Gasteiger partial charge in [-0.1, -0.05) is 66.7 Å². The van der Waals surface area contributed by atoms with Crippen molar-refractivity contribution in [1.29, 1.82) is 0 Å². The highest BCUT2D eigenvalue weighted by Gasteiger charge is 2.44. The quantitative estimate of drug-likeness (QED) is 0.766. The molecule has 0 aliphatic heterocycles. The summed E-state index contributed by atoms with van der Waals surface area (Å²) < 4.78 is 0. The summed E-state index contributed by atoms with van der Waals surface area (Å²) in [5.74, 6) is 0.517. The molecule has 3 nitrogen and oxygen atoms in total. The second-order valence-corrected chi connectivity index (χ2v) is 6.50. The number of rotatable bonds is 5. The van der Waals surface area contributed by atoms with E-state index in [1.807, 2.05) is 66.9 Å². The number of carbonyl (C=O) groups is 1. The lowest BCUT2D eigenvalue weighted by Gasteiger charge is -2.19. The summed E-state index contributed by atoms with van der Waals surface area (Å²) in [6.07, 6.45) is 4.49. The number of amides is 1. The van der Waals surface area contributed by atoms with Gasteiger partial charge >= 0.3 is 0 Å². The van der Waals surface area contributed by atoms with E-state index in [0.717, 1.165) is 17.5 Å². The SMILES string of the molecule is O=C(N[C@H](c1ccccc1)c1cccnc1)[C@H]1C[C@H]1c1ccccc1. The molecule has 1 aliphatic rings. The molecular formula is C22H20N2O. The Labute approximate surface area is 147 Å². The predicted octanol–water partition coefficient (Wildman–Crippen LogP) is 4.09. The van der Waals surface area contributed by atoms with Crippen molar-refractivity contribution in [2.75, 3.05) is 0 Å². The molecule has 1 amide bonds. The smallest absolute Gasteiger partial charge is 0.224 e. The Balaban J connectivity index is 1.53. The van der Waals surface area contributed by atoms with Gasteiger partial charge in [-0.25, -0.2) is 0 Å². The van der Waals surface area contributed by atoms with Crippen LogP contribution in [-0.2, 0) is 4.79 Å². The Kier molecular flexibility index (Phi) is 4.30. The molecule has 2 aromatic carbocycles. The molecule has 3 heteroatoms. The summed E-state index contributed by atoms with van der Waals surface area (Å²) >= 11 is 0. The minimum Gasteiger partial charge on any atom is -0.345 e. The molecule has 0 saturated heterocycles. The second-order valence-electron chi connectivity index (χ2n) is 6.50. The van der Waals surface area contributed by atoms with Crippen LogP contribution in [0.3, 0.4) is 0 Å². The Morgan fingerprint density at radius 3 is 2.28 bits per heavy atom. The topological polar surface area (TPSA) is 42.0 Å². The van der Waals surface area contributed by atoms with Crippen molar-refractivity contribution in [2.24, 2.45) is 5.92 Å². The Bertz CT molecular complexity index is 794. The van der Waals surface area contributed by atoms with Crippen molar-refractivity contribution in [3.8, 4) is 0 Å². The lowest BCUT2D eigenvalue weighted by atomic mass is 9.99. The minimum atomic E-state index is -0.167. The summed E-state index contributed by atoms with van der Waals surface area (Å²) in [7, 11) is 0. The van der Waals surface area contributed by atoms with Crippen LogP contribution in [0.5, 0.6) is 0 Å². The maximum Gasteiger partial charge on any atom is 0.224 e. The van der Waals surface area contributed by atoms with Crippen molar-refractivity contribution >= 4 is 5.91 Å². The van der Waals surface area contributed by atoms with E-state index in [4.69, 9.17) is 0 Å². The number of nitrogens with zero attached hydrogens (tertiary/aromatic N) is 1. The standard InChI is InChI=1S/C22H20N2O/c25-22(20-14-19(20)16-8-3-1-4-9-16)24-21(17-10-5-2-6-11-17)18-12-7-13-23-15-18/h1-13,15,19-21H,14H2,(H,24,25)/t19-,20-,21+/m0/s1. The molecule has 1 fully saturated rings. The van der Waals surface area contributed by atoms with E-state index in [1.54, 1.807) is 6.20 Å². The van der Waals surface area contributed by atoms with Gasteiger partial charge in [-0.3, -0.25) is 9.78 Å². The summed E-state index contributed by atoms with van der Waals surface area (Å²) in [4.78, 5) is 17.0. The number of nitrogens with one attached hydrogen (secondary N) is 1. The maximum atomic E-state index is 12.8. The molecule has 1 N–H and O–H groups in total. The first-order chi connectivity index (χ1) is 12.3. The van der Waals surface area contributed by atoms with Crippen LogP contribution in [0.1, 0.15) is 35.1 Å². The highest BCUT2D eigenvalue weighted by Crippen LogP contribution is 2.47. The van der Waals surface area contributed by atoms with Crippen molar-refractivity contribution in [3.05, 3.63) is 102 Å². The van der Waals surface area contributed by atoms with Crippen LogP contribution in [0, 0.1) is 5.92 Å². The largest absolute Gasteiger partial charge is 0.345 e. The third-order valence-corrected chi connectivity index (χ3v) is 4.79. The lowest BCUT2D eigenvalue weighted by Crippen LogP contribution is -2.31. The number of hydrogen-bond donors (Lipinski definition) is 1. The molecule has 0 spiro atoms. The van der Waals surface area contributed by atoms with E-state index in [2.05, 4.69) is 22.4 Å². The normalized spacial score (nSPS) is 19.8. The van der Waals surface area contributed by atoms with Crippen LogP contribution in [0.2, 0.25) is 0 Å². The molecular weight excluding hydrogens is 308 g/mol. The van der Waals surface area contributed by atoms with Gasteiger partial charge in [0.15, 0.2) is 0 Å². The third kappa shape index (κ3) is 3.45. The van der Waals surface area contributed by atoms with Gasteiger partial charge in [0.2, 0.25) is 5.91 Å². The van der Waals surface area contributed by atoms with Crippen LogP contribution in [0.15, 0.2) is 85.2 Å². The zero-order chi connectivity index (χ0) is 17.1. The monoisotopic (exact) mass is 328 g/mol. The van der Waals surface area contributed by atoms with Crippen LogP contribution < -0.4 is 5.32 Å². The number of benzene rings is 2. The van der Waals surface area contributed by atoms with Crippen molar-refractivity contribution in [2.45, 2.75) is 18.4 Å². The summed E-state index contributed by atoms with van der Waals surface area (Å²) in [5.41, 5.74) is 3.32. The summed E-state index contributed by atoms with van der Waals surface area (Å²) in [6, 6.07) is 24.1. The van der Waals surface area contributed by atoms with E-state index < -0.39 is 0 Å². The first kappa shape index (κ1) is 15.6. The van der Waals surface area contributed by atoms with Crippen molar-refractivity contribution in [1.82, 2.24) is 10.3 Å². The lowest BCUT2D eigenvalue weighted by molar-refractivity contribution is -0.122. The minimum absolute atomic E-state index is 0.0604. The van der Waals surface area contributed by atoms with Crippen LogP contribution in [0.4, 0.5) is 0 Å². The molecule has 25 heavy (non-hydrogen) atoms. The van der Waals surface area contributed by atoms with Gasteiger partial charge in [-0.15, -0.1) is 0 Å². The molecule has 1 heterocycles. The van der Waals surface area contributed by atoms with Gasteiger partial charge in [-0.05, 0) is 35.1 Å². The Morgan fingerprint density at radius 2 is 1.60 bits per heavy atom. The fraction of sp³-hybridized carbons (Fsp3) is 0.182. The van der Waals surface area contributed by atoms with Gasteiger partial charge in [0.05, 0.1) is 6.04 Å². The van der Waals surface area contributed by atoms with E-state index in [1.165, 1.54) is 5.56 Å². The van der Waals surface area contributed by atoms with Gasteiger partial charge in [-0.2, -0.15) is 0 Å². The van der Waals surface area contributed by atoms with E-state index >= 15 is 0 Å². The van der Waals surface area contributed by atoms with Gasteiger partial charge < -0.3 is 5.32 Å². The molecule has 0 unspecified atom stereocenters. The summed E-state index contributed by atoms with van der Waals surface area (Å²) in [6.45, 7) is 0. The van der Waals surface area contributed by atoms with Gasteiger partial charge in [0.1, 0.15) is 0 Å². The first-order valence-electron chi connectivity index (χ1n) is 8.63. The van der Waals surface area contributed by atoms with E-state index in [-0.39, 0.29) is 17.9 Å². The van der Waals surface area contributed by atoms with Crippen LogP contribution in [0.25, 0.3) is 0 Å². The highest BCUT2D eigenvalue weighted by atomic mass is 16.2. The summed E-state index contributed by atoms with van der Waals surface area (Å²) in [5, 5.41) is 3.23. The van der Waals surface area contributed by atoms with Crippen LogP contribution >= 0.6 is 0 Å². The van der Waals surface area contributed by atoms with Gasteiger partial charge in [0, 0.05) is 18.3 Å².